The predicted octanol–water partition coefficient (Wildman–Crippen LogP) is 2.70. The minimum atomic E-state index is -0.162. The molecule has 86 valence electrons. The Balaban J connectivity index is 2.48. The van der Waals surface area contributed by atoms with E-state index in [1.807, 2.05) is 31.2 Å². The van der Waals surface area contributed by atoms with E-state index in [1.165, 1.54) is 12.3 Å². The molecule has 3 nitrogen and oxygen atoms in total. The number of hydrogen-bond acceptors (Lipinski definition) is 2. The van der Waals surface area contributed by atoms with Crippen LogP contribution in [0.25, 0.3) is 10.8 Å². The lowest BCUT2D eigenvalue weighted by atomic mass is 10.0. The third-order valence-corrected chi connectivity index (χ3v) is 2.56. The molecule has 1 amide bonds. The summed E-state index contributed by atoms with van der Waals surface area (Å²) in [4.78, 5) is 10.8. The first kappa shape index (κ1) is 11.3. The van der Waals surface area contributed by atoms with Crippen molar-refractivity contribution in [2.75, 3.05) is 0 Å². The molecule has 0 saturated heterocycles. The lowest BCUT2D eigenvalue weighted by molar-refractivity contribution is -0.118. The molecule has 0 spiro atoms. The summed E-state index contributed by atoms with van der Waals surface area (Å²) in [5, 5.41) is 6.37. The van der Waals surface area contributed by atoms with E-state index >= 15 is 0 Å². The van der Waals surface area contributed by atoms with Crippen LogP contribution in [0.5, 0.6) is 0 Å². The van der Waals surface area contributed by atoms with Crippen molar-refractivity contribution >= 4 is 22.4 Å². The van der Waals surface area contributed by atoms with Gasteiger partial charge in [0.05, 0.1) is 5.71 Å². The summed E-state index contributed by atoms with van der Waals surface area (Å²) in [5.74, 6) is -0.162. The van der Waals surface area contributed by atoms with E-state index in [2.05, 4.69) is 28.7 Å². The molecular weight excluding hydrogens is 212 g/mol. The van der Waals surface area contributed by atoms with Gasteiger partial charge in [-0.1, -0.05) is 42.5 Å². The summed E-state index contributed by atoms with van der Waals surface area (Å²) in [6.45, 7) is 3.33. The molecule has 0 aliphatic heterocycles. The van der Waals surface area contributed by atoms with Gasteiger partial charge in [0.15, 0.2) is 0 Å². The molecule has 0 heterocycles. The number of fused-ring (bicyclic) bond motifs is 1. The van der Waals surface area contributed by atoms with Gasteiger partial charge < -0.3 is 0 Å². The highest BCUT2D eigenvalue weighted by molar-refractivity contribution is 6.09. The highest BCUT2D eigenvalue weighted by Gasteiger charge is 2.03. The molecule has 0 atom stereocenters. The second-order valence-corrected chi connectivity index (χ2v) is 3.89. The Morgan fingerprint density at radius 2 is 1.76 bits per heavy atom. The first-order valence-corrected chi connectivity index (χ1v) is 5.47. The number of amides is 1. The van der Waals surface area contributed by atoms with E-state index in [0.717, 1.165) is 16.7 Å². The molecular formula is C14H14N2O. The molecule has 2 rings (SSSR count). The number of carbonyl (C=O) groups excluding carboxylic acids is 1. The topological polar surface area (TPSA) is 41.5 Å². The van der Waals surface area contributed by atoms with Crippen molar-refractivity contribution in [1.82, 2.24) is 5.43 Å². The smallest absolute Gasteiger partial charge is 0.236 e. The fraction of sp³-hybridized carbons (Fsp3) is 0.143. The summed E-state index contributed by atoms with van der Waals surface area (Å²) in [6, 6.07) is 14.2. The van der Waals surface area contributed by atoms with E-state index in [4.69, 9.17) is 0 Å². The molecule has 17 heavy (non-hydrogen) atoms. The monoisotopic (exact) mass is 226 g/mol. The van der Waals surface area contributed by atoms with Crippen molar-refractivity contribution < 1.29 is 4.79 Å². The largest absolute Gasteiger partial charge is 0.274 e. The Labute approximate surface area is 100 Å². The summed E-state index contributed by atoms with van der Waals surface area (Å²) in [6.07, 6.45) is 0. The Hall–Kier alpha value is -2.16. The number of hydrogen-bond donors (Lipinski definition) is 1. The van der Waals surface area contributed by atoms with Crippen molar-refractivity contribution in [3.05, 3.63) is 48.0 Å². The van der Waals surface area contributed by atoms with Crippen molar-refractivity contribution in [3.8, 4) is 0 Å². The average Bonchev–Trinajstić information content (AvgIpc) is 2.35. The second kappa shape index (κ2) is 4.78. The molecule has 0 radical (unpaired) electrons. The van der Waals surface area contributed by atoms with Crippen LogP contribution < -0.4 is 5.43 Å². The second-order valence-electron chi connectivity index (χ2n) is 3.89. The number of carbonyl (C=O) groups is 1. The zero-order chi connectivity index (χ0) is 12.3. The van der Waals surface area contributed by atoms with E-state index in [1.54, 1.807) is 0 Å². The lowest BCUT2D eigenvalue weighted by Gasteiger charge is -2.05. The molecule has 1 N–H and O–H groups in total. The van der Waals surface area contributed by atoms with E-state index in [0.29, 0.717) is 0 Å². The molecule has 0 bridgehead atoms. The van der Waals surface area contributed by atoms with Gasteiger partial charge in [-0.25, -0.2) is 5.43 Å². The summed E-state index contributed by atoms with van der Waals surface area (Å²) in [5.41, 5.74) is 4.30. The minimum Gasteiger partial charge on any atom is -0.274 e. The van der Waals surface area contributed by atoms with Gasteiger partial charge >= 0.3 is 0 Å². The molecule has 0 aliphatic rings. The van der Waals surface area contributed by atoms with Gasteiger partial charge in [0.25, 0.3) is 0 Å². The van der Waals surface area contributed by atoms with E-state index in [9.17, 15) is 4.79 Å². The fourth-order valence-electron chi connectivity index (χ4n) is 1.76. The fourth-order valence-corrected chi connectivity index (χ4v) is 1.76. The summed E-state index contributed by atoms with van der Waals surface area (Å²) < 4.78 is 0. The minimum absolute atomic E-state index is 0.162. The van der Waals surface area contributed by atoms with Crippen LogP contribution in [0.1, 0.15) is 19.4 Å². The number of nitrogens with zero attached hydrogens (tertiary/aromatic N) is 1. The Morgan fingerprint density at radius 3 is 2.53 bits per heavy atom. The number of benzene rings is 2. The normalized spacial score (nSPS) is 11.5. The van der Waals surface area contributed by atoms with E-state index in [-0.39, 0.29) is 5.91 Å². The molecule has 0 fully saturated rings. The molecule has 0 aromatic heterocycles. The number of nitrogens with one attached hydrogen (secondary N) is 1. The first-order valence-electron chi connectivity index (χ1n) is 5.47. The lowest BCUT2D eigenvalue weighted by Crippen LogP contribution is -2.15. The molecule has 0 aliphatic carbocycles. The number of rotatable bonds is 2. The van der Waals surface area contributed by atoms with Crippen LogP contribution in [0.3, 0.4) is 0 Å². The van der Waals surface area contributed by atoms with Crippen molar-refractivity contribution in [1.29, 1.82) is 0 Å². The molecule has 0 unspecified atom stereocenters. The van der Waals surface area contributed by atoms with Crippen molar-refractivity contribution in [2.24, 2.45) is 5.10 Å². The van der Waals surface area contributed by atoms with Gasteiger partial charge in [-0.3, -0.25) is 4.79 Å². The SMILES string of the molecule is CC(=O)NN=C(C)c1cccc2ccccc12. The van der Waals surface area contributed by atoms with Crippen molar-refractivity contribution in [3.63, 3.8) is 0 Å². The zero-order valence-corrected chi connectivity index (χ0v) is 9.90. The maximum Gasteiger partial charge on any atom is 0.236 e. The van der Waals surface area contributed by atoms with Crippen LogP contribution >= 0.6 is 0 Å². The molecule has 0 saturated carbocycles. The zero-order valence-electron chi connectivity index (χ0n) is 9.90. The van der Waals surface area contributed by atoms with Crippen LogP contribution in [0.15, 0.2) is 47.6 Å². The average molecular weight is 226 g/mol. The van der Waals surface area contributed by atoms with Gasteiger partial charge in [-0.05, 0) is 17.7 Å². The Bertz CT molecular complexity index is 582. The molecule has 3 heteroatoms. The third-order valence-electron chi connectivity index (χ3n) is 2.56. The molecule has 2 aromatic rings. The summed E-state index contributed by atoms with van der Waals surface area (Å²) in [7, 11) is 0. The highest BCUT2D eigenvalue weighted by Crippen LogP contribution is 2.18. The van der Waals surface area contributed by atoms with Gasteiger partial charge in [0, 0.05) is 12.5 Å². The van der Waals surface area contributed by atoms with Crippen LogP contribution in [-0.2, 0) is 4.79 Å². The quantitative estimate of drug-likeness (QED) is 0.620. The molecule has 2 aromatic carbocycles. The Kier molecular flexibility index (Phi) is 3.19. The first-order chi connectivity index (χ1) is 8.18. The third kappa shape index (κ3) is 2.50. The van der Waals surface area contributed by atoms with Crippen LogP contribution in [0.4, 0.5) is 0 Å². The van der Waals surface area contributed by atoms with Crippen LogP contribution in [-0.4, -0.2) is 11.6 Å². The Morgan fingerprint density at radius 1 is 1.06 bits per heavy atom. The maximum atomic E-state index is 10.8. The van der Waals surface area contributed by atoms with Gasteiger partial charge in [0.1, 0.15) is 0 Å². The van der Waals surface area contributed by atoms with Crippen LogP contribution in [0, 0.1) is 0 Å². The number of hydrazone groups is 1. The van der Waals surface area contributed by atoms with Crippen molar-refractivity contribution in [2.45, 2.75) is 13.8 Å². The highest BCUT2D eigenvalue weighted by atomic mass is 16.2. The standard InChI is InChI=1S/C14H14N2O/c1-10(15-16-11(2)17)13-9-5-7-12-6-3-4-8-14(12)13/h3-9H,1-2H3,(H,16,17). The predicted molar refractivity (Wildman–Crippen MR) is 70.0 cm³/mol. The van der Waals surface area contributed by atoms with Gasteiger partial charge in [-0.2, -0.15) is 5.10 Å². The van der Waals surface area contributed by atoms with E-state index < -0.39 is 0 Å². The van der Waals surface area contributed by atoms with Gasteiger partial charge in [0.2, 0.25) is 5.91 Å². The van der Waals surface area contributed by atoms with Crippen LogP contribution in [0.2, 0.25) is 0 Å². The summed E-state index contributed by atoms with van der Waals surface area (Å²) >= 11 is 0. The van der Waals surface area contributed by atoms with Gasteiger partial charge in [-0.15, -0.1) is 0 Å². The maximum absolute atomic E-state index is 10.8.